The fourth-order valence-corrected chi connectivity index (χ4v) is 2.42. The minimum Gasteiger partial charge on any atom is -0.317 e. The molecule has 0 amide bonds. The zero-order valence-electron chi connectivity index (χ0n) is 9.25. The summed E-state index contributed by atoms with van der Waals surface area (Å²) in [7, 11) is 2.06. The Morgan fingerprint density at radius 1 is 1.21 bits per heavy atom. The van der Waals surface area contributed by atoms with Crippen LogP contribution in [0.15, 0.2) is 24.3 Å². The van der Waals surface area contributed by atoms with Crippen LogP contribution in [0.5, 0.6) is 0 Å². The van der Waals surface area contributed by atoms with Gasteiger partial charge in [-0.15, -0.1) is 0 Å². The highest BCUT2D eigenvalue weighted by molar-refractivity contribution is 5.27. The highest BCUT2D eigenvalue weighted by Crippen LogP contribution is 2.42. The Hall–Kier alpha value is -0.820. The van der Waals surface area contributed by atoms with E-state index in [0.717, 1.165) is 17.9 Å². The van der Waals surface area contributed by atoms with Gasteiger partial charge in [0.25, 0.3) is 0 Å². The molecule has 1 nitrogen and oxygen atoms in total. The molecular formula is C13H19N. The van der Waals surface area contributed by atoms with Crippen LogP contribution in [-0.4, -0.2) is 13.1 Å². The Bertz CT molecular complexity index is 302. The topological polar surface area (TPSA) is 12.0 Å². The van der Waals surface area contributed by atoms with Crippen LogP contribution in [-0.2, 0) is 0 Å². The van der Waals surface area contributed by atoms with Crippen molar-refractivity contribution < 1.29 is 0 Å². The number of hydrogen-bond acceptors (Lipinski definition) is 1. The molecule has 0 saturated heterocycles. The minimum absolute atomic E-state index is 0.723. The zero-order chi connectivity index (χ0) is 10.1. The predicted molar refractivity (Wildman–Crippen MR) is 60.5 cm³/mol. The van der Waals surface area contributed by atoms with Crippen molar-refractivity contribution in [3.05, 3.63) is 35.4 Å². The van der Waals surface area contributed by atoms with Crippen molar-refractivity contribution in [2.45, 2.75) is 32.2 Å². The second-order valence-corrected chi connectivity index (χ2v) is 4.51. The van der Waals surface area contributed by atoms with Gasteiger partial charge >= 0.3 is 0 Å². The smallest absolute Gasteiger partial charge is 0.0101 e. The van der Waals surface area contributed by atoms with Crippen LogP contribution in [0.25, 0.3) is 0 Å². The van der Waals surface area contributed by atoms with E-state index < -0.39 is 0 Å². The SMILES string of the molecule is CNC1CC(c2ccc(C)cc2)C1C. The van der Waals surface area contributed by atoms with E-state index in [-0.39, 0.29) is 0 Å². The molecular weight excluding hydrogens is 170 g/mol. The first-order valence-electron chi connectivity index (χ1n) is 5.46. The molecule has 0 aromatic heterocycles. The van der Waals surface area contributed by atoms with Crippen LogP contribution in [0.3, 0.4) is 0 Å². The van der Waals surface area contributed by atoms with Crippen molar-refractivity contribution in [3.8, 4) is 0 Å². The molecule has 1 aliphatic carbocycles. The van der Waals surface area contributed by atoms with Gasteiger partial charge in [0.2, 0.25) is 0 Å². The summed E-state index contributed by atoms with van der Waals surface area (Å²) in [5.74, 6) is 1.55. The molecule has 3 atom stereocenters. The van der Waals surface area contributed by atoms with Gasteiger partial charge in [0, 0.05) is 6.04 Å². The zero-order valence-corrected chi connectivity index (χ0v) is 9.25. The lowest BCUT2D eigenvalue weighted by atomic mass is 9.67. The number of benzene rings is 1. The van der Waals surface area contributed by atoms with E-state index in [1.807, 2.05) is 0 Å². The minimum atomic E-state index is 0.723. The summed E-state index contributed by atoms with van der Waals surface area (Å²) in [6.07, 6.45) is 1.29. The maximum Gasteiger partial charge on any atom is 0.0101 e. The van der Waals surface area contributed by atoms with Gasteiger partial charge in [-0.3, -0.25) is 0 Å². The average molecular weight is 189 g/mol. The van der Waals surface area contributed by atoms with Crippen molar-refractivity contribution in [3.63, 3.8) is 0 Å². The van der Waals surface area contributed by atoms with E-state index in [4.69, 9.17) is 0 Å². The van der Waals surface area contributed by atoms with Crippen LogP contribution >= 0.6 is 0 Å². The Morgan fingerprint density at radius 2 is 1.86 bits per heavy atom. The molecule has 1 aromatic carbocycles. The highest BCUT2D eigenvalue weighted by atomic mass is 14.9. The van der Waals surface area contributed by atoms with Gasteiger partial charge in [-0.05, 0) is 37.8 Å². The van der Waals surface area contributed by atoms with Gasteiger partial charge in [0.1, 0.15) is 0 Å². The maximum atomic E-state index is 3.36. The average Bonchev–Trinajstić information content (AvgIpc) is 2.19. The molecule has 0 heterocycles. The van der Waals surface area contributed by atoms with E-state index in [9.17, 15) is 0 Å². The molecule has 0 aliphatic heterocycles. The Kier molecular flexibility index (Phi) is 2.60. The van der Waals surface area contributed by atoms with E-state index in [1.54, 1.807) is 0 Å². The van der Waals surface area contributed by atoms with Gasteiger partial charge in [0.05, 0.1) is 0 Å². The normalized spacial score (nSPS) is 31.2. The van der Waals surface area contributed by atoms with Crippen LogP contribution in [0.1, 0.15) is 30.4 Å². The van der Waals surface area contributed by atoms with Gasteiger partial charge in [0.15, 0.2) is 0 Å². The molecule has 3 unspecified atom stereocenters. The first kappa shape index (κ1) is 9.72. The molecule has 1 aromatic rings. The number of nitrogens with one attached hydrogen (secondary N) is 1. The Labute approximate surface area is 86.5 Å². The van der Waals surface area contributed by atoms with Crippen LogP contribution in [0.2, 0.25) is 0 Å². The Morgan fingerprint density at radius 3 is 2.36 bits per heavy atom. The Balaban J connectivity index is 2.07. The van der Waals surface area contributed by atoms with Gasteiger partial charge < -0.3 is 5.32 Å². The summed E-state index contributed by atoms with van der Waals surface area (Å²) in [6.45, 7) is 4.49. The number of hydrogen-bond donors (Lipinski definition) is 1. The summed E-state index contributed by atoms with van der Waals surface area (Å²) < 4.78 is 0. The number of aryl methyl sites for hydroxylation is 1. The molecule has 1 saturated carbocycles. The third kappa shape index (κ3) is 1.57. The van der Waals surface area contributed by atoms with E-state index in [1.165, 1.54) is 17.5 Å². The number of rotatable bonds is 2. The second-order valence-electron chi connectivity index (χ2n) is 4.51. The molecule has 14 heavy (non-hydrogen) atoms. The summed E-state index contributed by atoms with van der Waals surface area (Å²) in [6, 6.07) is 9.72. The van der Waals surface area contributed by atoms with Crippen molar-refractivity contribution in [1.29, 1.82) is 0 Å². The standard InChI is InChI=1S/C13H19N/c1-9-4-6-11(7-5-9)12-8-13(14-3)10(12)2/h4-7,10,12-14H,8H2,1-3H3. The summed E-state index contributed by atoms with van der Waals surface area (Å²) >= 11 is 0. The largest absolute Gasteiger partial charge is 0.317 e. The second kappa shape index (κ2) is 3.74. The maximum absolute atomic E-state index is 3.36. The van der Waals surface area contributed by atoms with Gasteiger partial charge in [-0.25, -0.2) is 0 Å². The third-order valence-corrected chi connectivity index (χ3v) is 3.65. The van der Waals surface area contributed by atoms with Crippen molar-refractivity contribution in [2.24, 2.45) is 5.92 Å². The summed E-state index contributed by atoms with van der Waals surface area (Å²) in [5.41, 5.74) is 2.86. The lowest BCUT2D eigenvalue weighted by molar-refractivity contribution is 0.194. The van der Waals surface area contributed by atoms with Crippen LogP contribution in [0, 0.1) is 12.8 Å². The van der Waals surface area contributed by atoms with Crippen LogP contribution in [0.4, 0.5) is 0 Å². The van der Waals surface area contributed by atoms with Crippen LogP contribution < -0.4 is 5.32 Å². The first-order chi connectivity index (χ1) is 6.72. The summed E-state index contributed by atoms with van der Waals surface area (Å²) in [5, 5.41) is 3.36. The van der Waals surface area contributed by atoms with E-state index >= 15 is 0 Å². The molecule has 0 spiro atoms. The van der Waals surface area contributed by atoms with E-state index in [0.29, 0.717) is 0 Å². The van der Waals surface area contributed by atoms with Crippen molar-refractivity contribution >= 4 is 0 Å². The van der Waals surface area contributed by atoms with Gasteiger partial charge in [-0.2, -0.15) is 0 Å². The molecule has 1 aliphatic rings. The third-order valence-electron chi connectivity index (χ3n) is 3.65. The van der Waals surface area contributed by atoms with E-state index in [2.05, 4.69) is 50.5 Å². The van der Waals surface area contributed by atoms with Crippen molar-refractivity contribution in [2.75, 3.05) is 7.05 Å². The first-order valence-corrected chi connectivity index (χ1v) is 5.46. The lowest BCUT2D eigenvalue weighted by Gasteiger charge is -2.43. The monoisotopic (exact) mass is 189 g/mol. The van der Waals surface area contributed by atoms with Gasteiger partial charge in [-0.1, -0.05) is 36.8 Å². The summed E-state index contributed by atoms with van der Waals surface area (Å²) in [4.78, 5) is 0. The quantitative estimate of drug-likeness (QED) is 0.754. The molecule has 0 bridgehead atoms. The fraction of sp³-hybridized carbons (Fsp3) is 0.538. The lowest BCUT2D eigenvalue weighted by Crippen LogP contribution is -2.46. The fourth-order valence-electron chi connectivity index (χ4n) is 2.42. The molecule has 0 radical (unpaired) electrons. The highest BCUT2D eigenvalue weighted by Gasteiger charge is 2.37. The molecule has 1 N–H and O–H groups in total. The molecule has 2 rings (SSSR count). The molecule has 76 valence electrons. The predicted octanol–water partition coefficient (Wildman–Crippen LogP) is 2.71. The molecule has 1 heteroatoms. The molecule has 1 fully saturated rings. The van der Waals surface area contributed by atoms with Crippen molar-refractivity contribution in [1.82, 2.24) is 5.32 Å².